The van der Waals surface area contributed by atoms with Gasteiger partial charge in [0.1, 0.15) is 17.6 Å². The molecule has 0 spiro atoms. The summed E-state index contributed by atoms with van der Waals surface area (Å²) in [5, 5.41) is 13.9. The predicted molar refractivity (Wildman–Crippen MR) is 104 cm³/mol. The normalized spacial score (nSPS) is 17.2. The van der Waals surface area contributed by atoms with Gasteiger partial charge in [0.2, 0.25) is 0 Å². The molecular formula is C20H21FN6O2. The molecule has 1 N–H and O–H groups in total. The average molecular weight is 396 g/mol. The van der Waals surface area contributed by atoms with Gasteiger partial charge in [-0.05, 0) is 41.1 Å². The zero-order valence-electron chi connectivity index (χ0n) is 16.0. The zero-order valence-corrected chi connectivity index (χ0v) is 16.0. The topological polar surface area (TPSA) is 85.2 Å². The number of amides is 1. The van der Waals surface area contributed by atoms with Crippen LogP contribution in [0.2, 0.25) is 0 Å². The van der Waals surface area contributed by atoms with Gasteiger partial charge in [0.15, 0.2) is 5.82 Å². The van der Waals surface area contributed by atoms with Crippen molar-refractivity contribution in [2.45, 2.75) is 19.6 Å². The number of benzene rings is 2. The second kappa shape index (κ2) is 8.46. The molecule has 2 heterocycles. The smallest absolute Gasteiger partial charge is 0.254 e. The Morgan fingerprint density at radius 3 is 2.86 bits per heavy atom. The van der Waals surface area contributed by atoms with Crippen LogP contribution < -0.4 is 5.32 Å². The average Bonchev–Trinajstić information content (AvgIpc) is 3.16. The van der Waals surface area contributed by atoms with Crippen molar-refractivity contribution in [3.63, 3.8) is 0 Å². The highest BCUT2D eigenvalue weighted by molar-refractivity contribution is 5.94. The van der Waals surface area contributed by atoms with Crippen molar-refractivity contribution in [1.82, 2.24) is 25.1 Å². The first kappa shape index (κ1) is 19.2. The van der Waals surface area contributed by atoms with E-state index in [0.29, 0.717) is 24.7 Å². The lowest BCUT2D eigenvalue weighted by atomic mass is 10.2. The van der Waals surface area contributed by atoms with Gasteiger partial charge in [-0.2, -0.15) is 4.68 Å². The second-order valence-electron chi connectivity index (χ2n) is 6.87. The van der Waals surface area contributed by atoms with E-state index >= 15 is 0 Å². The third kappa shape index (κ3) is 4.47. The lowest BCUT2D eigenvalue weighted by Crippen LogP contribution is -2.47. The fourth-order valence-corrected chi connectivity index (χ4v) is 3.28. The van der Waals surface area contributed by atoms with Crippen LogP contribution in [0, 0.1) is 12.7 Å². The van der Waals surface area contributed by atoms with E-state index in [9.17, 15) is 9.18 Å². The number of nitrogens with zero attached hydrogens (tertiary/aromatic N) is 5. The van der Waals surface area contributed by atoms with Gasteiger partial charge in [-0.15, -0.1) is 5.10 Å². The highest BCUT2D eigenvalue weighted by Gasteiger charge is 2.27. The number of anilines is 1. The molecule has 3 aromatic rings. The van der Waals surface area contributed by atoms with Crippen LogP contribution in [0.1, 0.15) is 11.4 Å². The number of ether oxygens (including phenoxy) is 1. The maximum absolute atomic E-state index is 14.2. The number of rotatable bonds is 5. The van der Waals surface area contributed by atoms with Gasteiger partial charge in [0.25, 0.3) is 5.91 Å². The first-order valence-corrected chi connectivity index (χ1v) is 9.34. The number of tetrazole rings is 1. The predicted octanol–water partition coefficient (Wildman–Crippen LogP) is 1.95. The molecule has 1 saturated heterocycles. The monoisotopic (exact) mass is 396 g/mol. The Morgan fingerprint density at radius 2 is 2.10 bits per heavy atom. The molecule has 8 nitrogen and oxygen atoms in total. The Morgan fingerprint density at radius 1 is 1.28 bits per heavy atom. The summed E-state index contributed by atoms with van der Waals surface area (Å²) in [6.07, 6.45) is -0.601. The number of carbonyl (C=O) groups is 1. The van der Waals surface area contributed by atoms with Crippen molar-refractivity contribution >= 4 is 11.6 Å². The van der Waals surface area contributed by atoms with Crippen LogP contribution in [0.4, 0.5) is 10.1 Å². The van der Waals surface area contributed by atoms with Crippen molar-refractivity contribution < 1.29 is 13.9 Å². The fourth-order valence-electron chi connectivity index (χ4n) is 3.28. The van der Waals surface area contributed by atoms with E-state index in [2.05, 4.69) is 37.9 Å². The second-order valence-corrected chi connectivity index (χ2v) is 6.87. The number of nitrogens with one attached hydrogen (secondary N) is 1. The molecule has 4 rings (SSSR count). The van der Waals surface area contributed by atoms with Gasteiger partial charge in [-0.25, -0.2) is 4.39 Å². The van der Waals surface area contributed by atoms with E-state index in [1.165, 1.54) is 28.4 Å². The third-order valence-corrected chi connectivity index (χ3v) is 4.76. The highest BCUT2D eigenvalue weighted by Crippen LogP contribution is 2.20. The molecule has 2 aromatic carbocycles. The molecular weight excluding hydrogens is 375 g/mol. The number of hydrogen-bond donors (Lipinski definition) is 1. The van der Waals surface area contributed by atoms with E-state index in [1.807, 2.05) is 18.2 Å². The van der Waals surface area contributed by atoms with E-state index < -0.39 is 11.9 Å². The summed E-state index contributed by atoms with van der Waals surface area (Å²) >= 11 is 0. The Bertz CT molecular complexity index is 994. The van der Waals surface area contributed by atoms with Gasteiger partial charge in [0.05, 0.1) is 6.61 Å². The summed E-state index contributed by atoms with van der Waals surface area (Å²) in [5.74, 6) is -0.311. The van der Waals surface area contributed by atoms with E-state index in [-0.39, 0.29) is 11.6 Å². The molecule has 1 atom stereocenters. The van der Waals surface area contributed by atoms with E-state index in [4.69, 9.17) is 4.74 Å². The number of aromatic nitrogens is 4. The minimum Gasteiger partial charge on any atom is -0.366 e. The van der Waals surface area contributed by atoms with Gasteiger partial charge in [0, 0.05) is 25.3 Å². The SMILES string of the molecule is Cc1nnnn1-c1cc(NC(=O)C2CN(Cc3ccccc3)CCO2)ccc1F. The van der Waals surface area contributed by atoms with E-state index in [0.717, 1.165) is 13.1 Å². The molecule has 0 saturated carbocycles. The van der Waals surface area contributed by atoms with Crippen LogP contribution in [0.25, 0.3) is 5.69 Å². The summed E-state index contributed by atoms with van der Waals surface area (Å²) in [6, 6.07) is 14.4. The number of morpholine rings is 1. The van der Waals surface area contributed by atoms with Crippen LogP contribution in [-0.2, 0) is 16.1 Å². The van der Waals surface area contributed by atoms with Crippen molar-refractivity contribution in [2.24, 2.45) is 0 Å². The molecule has 0 radical (unpaired) electrons. The van der Waals surface area contributed by atoms with Crippen molar-refractivity contribution in [2.75, 3.05) is 25.0 Å². The fraction of sp³-hybridized carbons (Fsp3) is 0.300. The molecule has 29 heavy (non-hydrogen) atoms. The largest absolute Gasteiger partial charge is 0.366 e. The lowest BCUT2D eigenvalue weighted by Gasteiger charge is -2.32. The molecule has 1 aromatic heterocycles. The molecule has 1 aliphatic heterocycles. The van der Waals surface area contributed by atoms with Crippen LogP contribution in [-0.4, -0.2) is 56.8 Å². The summed E-state index contributed by atoms with van der Waals surface area (Å²) in [5.41, 5.74) is 1.80. The van der Waals surface area contributed by atoms with Crippen LogP contribution in [0.3, 0.4) is 0 Å². The van der Waals surface area contributed by atoms with Crippen molar-refractivity contribution in [3.8, 4) is 5.69 Å². The van der Waals surface area contributed by atoms with Gasteiger partial charge in [-0.1, -0.05) is 30.3 Å². The zero-order chi connectivity index (χ0) is 20.2. The minimum absolute atomic E-state index is 0.167. The third-order valence-electron chi connectivity index (χ3n) is 4.76. The maximum atomic E-state index is 14.2. The van der Waals surface area contributed by atoms with Crippen LogP contribution in [0.15, 0.2) is 48.5 Å². The standard InChI is InChI=1S/C20H21FN6O2/c1-14-23-24-25-27(14)18-11-16(7-8-17(18)21)22-20(28)19-13-26(9-10-29-19)12-15-5-3-2-4-6-15/h2-8,11,19H,9-10,12-13H2,1H3,(H,22,28). The Kier molecular flexibility index (Phi) is 5.59. The van der Waals surface area contributed by atoms with Crippen LogP contribution >= 0.6 is 0 Å². The number of carbonyl (C=O) groups excluding carboxylic acids is 1. The first-order valence-electron chi connectivity index (χ1n) is 9.34. The van der Waals surface area contributed by atoms with Crippen molar-refractivity contribution in [3.05, 3.63) is 65.7 Å². The Labute approximate surface area is 167 Å². The first-order chi connectivity index (χ1) is 14.1. The molecule has 9 heteroatoms. The summed E-state index contributed by atoms with van der Waals surface area (Å²) in [7, 11) is 0. The minimum atomic E-state index is -0.601. The number of halogens is 1. The molecule has 0 aliphatic carbocycles. The van der Waals surface area contributed by atoms with E-state index in [1.54, 1.807) is 6.92 Å². The lowest BCUT2D eigenvalue weighted by molar-refractivity contribution is -0.133. The van der Waals surface area contributed by atoms with Crippen molar-refractivity contribution in [1.29, 1.82) is 0 Å². The molecule has 0 bridgehead atoms. The van der Waals surface area contributed by atoms with Crippen LogP contribution in [0.5, 0.6) is 0 Å². The highest BCUT2D eigenvalue weighted by atomic mass is 19.1. The van der Waals surface area contributed by atoms with Gasteiger partial charge < -0.3 is 10.1 Å². The number of aryl methyl sites for hydroxylation is 1. The summed E-state index contributed by atoms with van der Waals surface area (Å²) in [4.78, 5) is 14.9. The number of hydrogen-bond acceptors (Lipinski definition) is 6. The quantitative estimate of drug-likeness (QED) is 0.710. The summed E-state index contributed by atoms with van der Waals surface area (Å²) < 4.78 is 21.1. The molecule has 1 amide bonds. The Hall–Kier alpha value is -3.17. The maximum Gasteiger partial charge on any atom is 0.254 e. The van der Waals surface area contributed by atoms with Gasteiger partial charge in [-0.3, -0.25) is 9.69 Å². The van der Waals surface area contributed by atoms with Gasteiger partial charge >= 0.3 is 0 Å². The molecule has 1 fully saturated rings. The molecule has 1 unspecified atom stereocenters. The molecule has 1 aliphatic rings. The summed E-state index contributed by atoms with van der Waals surface area (Å²) in [6.45, 7) is 4.15. The molecule has 150 valence electrons. The Balaban J connectivity index is 1.43.